The number of halogens is 3. The van der Waals surface area contributed by atoms with Crippen LogP contribution in [-0.2, 0) is 12.6 Å². The first-order chi connectivity index (χ1) is 14.7. The third-order valence-corrected chi connectivity index (χ3v) is 5.08. The molecule has 1 amide bonds. The Balaban J connectivity index is 1.74. The maximum Gasteiger partial charge on any atom is 0.417 e. The first kappa shape index (κ1) is 22.4. The minimum atomic E-state index is -4.41. The molecule has 7 nitrogen and oxygen atoms in total. The molecule has 0 saturated heterocycles. The zero-order valence-electron chi connectivity index (χ0n) is 17.5. The van der Waals surface area contributed by atoms with Gasteiger partial charge in [-0.3, -0.25) is 9.78 Å². The number of alkyl halides is 3. The molecular weight excluding hydrogens is 409 g/mol. The molecule has 0 fully saturated rings. The first-order valence-electron chi connectivity index (χ1n) is 9.84. The van der Waals surface area contributed by atoms with Crippen molar-refractivity contribution in [2.75, 3.05) is 7.05 Å². The van der Waals surface area contributed by atoms with Crippen molar-refractivity contribution >= 4 is 5.91 Å². The average molecular weight is 432 g/mol. The van der Waals surface area contributed by atoms with E-state index < -0.39 is 11.7 Å². The summed E-state index contributed by atoms with van der Waals surface area (Å²) in [5.41, 5.74) is 1.18. The Morgan fingerprint density at radius 3 is 2.45 bits per heavy atom. The fraction of sp³-hybridized carbons (Fsp3) is 0.381. The van der Waals surface area contributed by atoms with Gasteiger partial charge in [-0.05, 0) is 50.5 Å². The van der Waals surface area contributed by atoms with Crippen LogP contribution in [0.5, 0.6) is 0 Å². The summed E-state index contributed by atoms with van der Waals surface area (Å²) in [7, 11) is 1.70. The summed E-state index contributed by atoms with van der Waals surface area (Å²) >= 11 is 0. The van der Waals surface area contributed by atoms with Gasteiger partial charge in [-0.2, -0.15) is 23.4 Å². The number of aromatic nitrogens is 5. The number of carbonyl (C=O) groups excluding carboxylic acids is 1. The molecule has 3 aromatic heterocycles. The van der Waals surface area contributed by atoms with Gasteiger partial charge in [0.2, 0.25) is 0 Å². The Labute approximate surface area is 177 Å². The van der Waals surface area contributed by atoms with Gasteiger partial charge in [0.25, 0.3) is 5.91 Å². The molecule has 164 valence electrons. The van der Waals surface area contributed by atoms with Crippen molar-refractivity contribution in [3.8, 4) is 5.69 Å². The van der Waals surface area contributed by atoms with Crippen LogP contribution in [0.4, 0.5) is 13.2 Å². The van der Waals surface area contributed by atoms with Crippen LogP contribution >= 0.6 is 0 Å². The van der Waals surface area contributed by atoms with Crippen molar-refractivity contribution < 1.29 is 18.0 Å². The second-order valence-corrected chi connectivity index (χ2v) is 7.19. The number of aryl methyl sites for hydroxylation is 2. The average Bonchev–Trinajstić information content (AvgIpc) is 3.27. The summed E-state index contributed by atoms with van der Waals surface area (Å²) in [5.74, 6) is -0.275. The van der Waals surface area contributed by atoms with Gasteiger partial charge in [0.15, 0.2) is 5.69 Å². The lowest BCUT2D eigenvalue weighted by atomic mass is 10.0. The molecule has 0 aliphatic carbocycles. The van der Waals surface area contributed by atoms with Crippen LogP contribution in [0, 0.1) is 6.92 Å². The molecule has 0 radical (unpaired) electrons. The van der Waals surface area contributed by atoms with Crippen LogP contribution < -0.4 is 0 Å². The molecule has 0 spiro atoms. The van der Waals surface area contributed by atoms with E-state index in [-0.39, 0.29) is 17.6 Å². The topological polar surface area (TPSA) is 76.8 Å². The van der Waals surface area contributed by atoms with Crippen molar-refractivity contribution in [2.24, 2.45) is 0 Å². The lowest BCUT2D eigenvalue weighted by Crippen LogP contribution is -2.38. The second kappa shape index (κ2) is 9.23. The number of pyridine rings is 2. The fourth-order valence-corrected chi connectivity index (χ4v) is 3.27. The maximum atomic E-state index is 13.2. The number of rotatable bonds is 7. The van der Waals surface area contributed by atoms with Gasteiger partial charge >= 0.3 is 6.18 Å². The number of carbonyl (C=O) groups is 1. The summed E-state index contributed by atoms with van der Waals surface area (Å²) in [6.07, 6.45) is 1.14. The molecule has 3 aromatic rings. The van der Waals surface area contributed by atoms with E-state index in [9.17, 15) is 18.0 Å². The minimum Gasteiger partial charge on any atom is -0.337 e. The standard InChI is InChI=1S/C21H23F3N6O/c1-4-17(9-8-16-7-6-15(13-25-16)21(22,23)24)29(3)20(31)19-18(10-5-14(2)28-19)30-26-11-12-27-30/h5-7,10-13,17H,4,8-9H2,1-3H3/t17-/m0/s1. The first-order valence-corrected chi connectivity index (χ1v) is 9.84. The summed E-state index contributed by atoms with van der Waals surface area (Å²) < 4.78 is 38.1. The Hall–Kier alpha value is -3.30. The number of hydrogen-bond acceptors (Lipinski definition) is 5. The predicted octanol–water partition coefficient (Wildman–Crippen LogP) is 3.87. The summed E-state index contributed by atoms with van der Waals surface area (Å²) in [5, 5.41) is 8.18. The molecule has 0 N–H and O–H groups in total. The van der Waals surface area contributed by atoms with Crippen LogP contribution in [0.1, 0.15) is 47.2 Å². The summed E-state index contributed by atoms with van der Waals surface area (Å²) in [4.78, 5) is 24.5. The molecule has 10 heteroatoms. The Bertz CT molecular complexity index is 1020. The molecule has 31 heavy (non-hydrogen) atoms. The lowest BCUT2D eigenvalue weighted by Gasteiger charge is -2.27. The monoisotopic (exact) mass is 432 g/mol. The molecule has 0 aliphatic heterocycles. The molecular formula is C21H23F3N6O. The molecule has 3 heterocycles. The van der Waals surface area contributed by atoms with E-state index in [1.54, 1.807) is 31.0 Å². The van der Waals surface area contributed by atoms with E-state index in [0.29, 0.717) is 36.3 Å². The molecule has 0 unspecified atom stereocenters. The SMILES string of the molecule is CC[C@@H](CCc1ccc(C(F)(F)F)cn1)N(C)C(=O)c1nc(C)ccc1-n1nccn1. The lowest BCUT2D eigenvalue weighted by molar-refractivity contribution is -0.137. The van der Waals surface area contributed by atoms with Crippen molar-refractivity contribution in [3.63, 3.8) is 0 Å². The molecule has 0 aromatic carbocycles. The Kier molecular flexibility index (Phi) is 6.67. The van der Waals surface area contributed by atoms with Crippen molar-refractivity contribution in [1.29, 1.82) is 0 Å². The van der Waals surface area contributed by atoms with Gasteiger partial charge in [0.1, 0.15) is 5.69 Å². The van der Waals surface area contributed by atoms with Crippen molar-refractivity contribution in [1.82, 2.24) is 29.9 Å². The number of hydrogen-bond donors (Lipinski definition) is 0. The van der Waals surface area contributed by atoms with Crippen LogP contribution in [0.15, 0.2) is 42.9 Å². The van der Waals surface area contributed by atoms with Crippen LogP contribution in [0.3, 0.4) is 0 Å². The summed E-state index contributed by atoms with van der Waals surface area (Å²) in [6, 6.07) is 5.79. The van der Waals surface area contributed by atoms with E-state index >= 15 is 0 Å². The highest BCUT2D eigenvalue weighted by molar-refractivity contribution is 5.95. The smallest absolute Gasteiger partial charge is 0.337 e. The number of amides is 1. The van der Waals surface area contributed by atoms with Crippen molar-refractivity contribution in [2.45, 2.75) is 45.3 Å². The highest BCUT2D eigenvalue weighted by Crippen LogP contribution is 2.28. The zero-order chi connectivity index (χ0) is 22.6. The zero-order valence-corrected chi connectivity index (χ0v) is 17.5. The minimum absolute atomic E-state index is 0.141. The fourth-order valence-electron chi connectivity index (χ4n) is 3.27. The van der Waals surface area contributed by atoms with E-state index in [1.165, 1.54) is 23.3 Å². The predicted molar refractivity (Wildman–Crippen MR) is 108 cm³/mol. The van der Waals surface area contributed by atoms with Gasteiger partial charge in [0, 0.05) is 30.7 Å². The van der Waals surface area contributed by atoms with Gasteiger partial charge in [-0.15, -0.1) is 4.80 Å². The highest BCUT2D eigenvalue weighted by atomic mass is 19.4. The van der Waals surface area contributed by atoms with Crippen LogP contribution in [0.25, 0.3) is 5.69 Å². The number of nitrogens with zero attached hydrogens (tertiary/aromatic N) is 6. The van der Waals surface area contributed by atoms with Gasteiger partial charge < -0.3 is 4.90 Å². The van der Waals surface area contributed by atoms with Crippen molar-refractivity contribution in [3.05, 3.63) is 65.5 Å². The van der Waals surface area contributed by atoms with E-state index in [0.717, 1.165) is 12.3 Å². The van der Waals surface area contributed by atoms with Gasteiger partial charge in [0.05, 0.1) is 18.0 Å². The van der Waals surface area contributed by atoms with Gasteiger partial charge in [-0.25, -0.2) is 4.98 Å². The second-order valence-electron chi connectivity index (χ2n) is 7.19. The Morgan fingerprint density at radius 1 is 1.16 bits per heavy atom. The summed E-state index contributed by atoms with van der Waals surface area (Å²) in [6.45, 7) is 3.75. The Morgan fingerprint density at radius 2 is 1.87 bits per heavy atom. The third kappa shape index (κ3) is 5.25. The van der Waals surface area contributed by atoms with E-state index in [1.807, 2.05) is 6.92 Å². The van der Waals surface area contributed by atoms with Crippen LogP contribution in [0.2, 0.25) is 0 Å². The quantitative estimate of drug-likeness (QED) is 0.567. The largest absolute Gasteiger partial charge is 0.417 e. The molecule has 3 rings (SSSR count). The molecule has 0 saturated carbocycles. The van der Waals surface area contributed by atoms with Gasteiger partial charge in [-0.1, -0.05) is 6.92 Å². The highest BCUT2D eigenvalue weighted by Gasteiger charge is 2.30. The van der Waals surface area contributed by atoms with E-state index in [2.05, 4.69) is 20.2 Å². The molecule has 1 atom stereocenters. The third-order valence-electron chi connectivity index (χ3n) is 5.08. The maximum absolute atomic E-state index is 13.2. The molecule has 0 bridgehead atoms. The normalized spacial score (nSPS) is 12.6. The van der Waals surface area contributed by atoms with Crippen LogP contribution in [-0.4, -0.2) is 48.9 Å². The van der Waals surface area contributed by atoms with E-state index in [4.69, 9.17) is 0 Å². The molecule has 0 aliphatic rings.